The van der Waals surface area contributed by atoms with Crippen LogP contribution < -0.4 is 4.90 Å². The molecular formula is C12H16N2O4. The minimum atomic E-state index is -0.999. The van der Waals surface area contributed by atoms with Gasteiger partial charge in [-0.2, -0.15) is 0 Å². The highest BCUT2D eigenvalue weighted by Gasteiger charge is 2.22. The van der Waals surface area contributed by atoms with E-state index >= 15 is 0 Å². The van der Waals surface area contributed by atoms with Gasteiger partial charge in [-0.05, 0) is 18.9 Å². The Bertz CT molecular complexity index is 459. The Kier molecular flexibility index (Phi) is 4.65. The van der Waals surface area contributed by atoms with Crippen LogP contribution in [-0.4, -0.2) is 29.1 Å². The van der Waals surface area contributed by atoms with Gasteiger partial charge in [0.05, 0.1) is 4.92 Å². The van der Waals surface area contributed by atoms with Crippen molar-refractivity contribution in [2.45, 2.75) is 20.3 Å². The Balaban J connectivity index is 3.24. The fourth-order valence-corrected chi connectivity index (χ4v) is 1.91. The molecule has 0 atom stereocenters. The average Bonchev–Trinajstić information content (AvgIpc) is 2.27. The van der Waals surface area contributed by atoms with E-state index in [2.05, 4.69) is 0 Å². The number of para-hydroxylation sites is 1. The second-order valence-electron chi connectivity index (χ2n) is 4.02. The highest BCUT2D eigenvalue weighted by atomic mass is 16.6. The van der Waals surface area contributed by atoms with E-state index in [4.69, 9.17) is 5.11 Å². The van der Waals surface area contributed by atoms with Crippen LogP contribution in [0.2, 0.25) is 0 Å². The number of nitro benzene ring substituents is 1. The molecule has 18 heavy (non-hydrogen) atoms. The molecule has 0 aromatic heterocycles. The number of carboxylic acids is 1. The normalized spacial score (nSPS) is 10.1. The predicted molar refractivity (Wildman–Crippen MR) is 68.0 cm³/mol. The van der Waals surface area contributed by atoms with Crippen LogP contribution in [0.3, 0.4) is 0 Å². The molecule has 0 fully saturated rings. The van der Waals surface area contributed by atoms with Gasteiger partial charge in [-0.15, -0.1) is 0 Å². The molecule has 0 amide bonds. The first-order chi connectivity index (χ1) is 8.47. The SMILES string of the molecule is CCCN(CC(=O)O)c1c(C)cccc1[N+](=O)[O-]. The van der Waals surface area contributed by atoms with Gasteiger partial charge in [0.2, 0.25) is 0 Å². The summed E-state index contributed by atoms with van der Waals surface area (Å²) in [4.78, 5) is 22.9. The lowest BCUT2D eigenvalue weighted by Crippen LogP contribution is -2.31. The fraction of sp³-hybridized carbons (Fsp3) is 0.417. The van der Waals surface area contributed by atoms with Gasteiger partial charge in [-0.25, -0.2) is 0 Å². The van der Waals surface area contributed by atoms with Crippen molar-refractivity contribution in [1.29, 1.82) is 0 Å². The van der Waals surface area contributed by atoms with E-state index in [9.17, 15) is 14.9 Å². The summed E-state index contributed by atoms with van der Waals surface area (Å²) in [6.45, 7) is 3.88. The molecule has 0 saturated carbocycles. The first-order valence-corrected chi connectivity index (χ1v) is 5.68. The average molecular weight is 252 g/mol. The topological polar surface area (TPSA) is 83.7 Å². The molecule has 1 rings (SSSR count). The summed E-state index contributed by atoms with van der Waals surface area (Å²) in [6.07, 6.45) is 0.721. The molecule has 0 aliphatic rings. The lowest BCUT2D eigenvalue weighted by molar-refractivity contribution is -0.384. The van der Waals surface area contributed by atoms with Gasteiger partial charge in [0, 0.05) is 12.6 Å². The van der Waals surface area contributed by atoms with Crippen molar-refractivity contribution in [2.24, 2.45) is 0 Å². The van der Waals surface area contributed by atoms with Crippen molar-refractivity contribution in [3.8, 4) is 0 Å². The van der Waals surface area contributed by atoms with Gasteiger partial charge in [0.1, 0.15) is 12.2 Å². The Morgan fingerprint density at radius 3 is 2.67 bits per heavy atom. The number of benzene rings is 1. The summed E-state index contributed by atoms with van der Waals surface area (Å²) < 4.78 is 0. The fourth-order valence-electron chi connectivity index (χ4n) is 1.91. The molecule has 0 heterocycles. The Morgan fingerprint density at radius 1 is 1.50 bits per heavy atom. The lowest BCUT2D eigenvalue weighted by atomic mass is 10.1. The van der Waals surface area contributed by atoms with Crippen molar-refractivity contribution >= 4 is 17.3 Å². The van der Waals surface area contributed by atoms with E-state index in [1.165, 1.54) is 11.0 Å². The Hall–Kier alpha value is -2.11. The molecule has 0 radical (unpaired) electrons. The number of nitro groups is 1. The van der Waals surface area contributed by atoms with E-state index in [-0.39, 0.29) is 12.2 Å². The van der Waals surface area contributed by atoms with Crippen molar-refractivity contribution < 1.29 is 14.8 Å². The lowest BCUT2D eigenvalue weighted by Gasteiger charge is -2.23. The number of hydrogen-bond acceptors (Lipinski definition) is 4. The summed E-state index contributed by atoms with van der Waals surface area (Å²) in [5.74, 6) is -0.999. The van der Waals surface area contributed by atoms with Gasteiger partial charge >= 0.3 is 5.97 Å². The summed E-state index contributed by atoms with van der Waals surface area (Å²) in [5.41, 5.74) is 1.05. The quantitative estimate of drug-likeness (QED) is 0.619. The molecule has 6 nitrogen and oxygen atoms in total. The summed E-state index contributed by atoms with van der Waals surface area (Å²) >= 11 is 0. The smallest absolute Gasteiger partial charge is 0.323 e. The molecule has 1 N–H and O–H groups in total. The van der Waals surface area contributed by atoms with Crippen molar-refractivity contribution in [2.75, 3.05) is 18.0 Å². The maximum Gasteiger partial charge on any atom is 0.323 e. The molecule has 0 bridgehead atoms. The molecule has 0 unspecified atom stereocenters. The number of hydrogen-bond donors (Lipinski definition) is 1. The van der Waals surface area contributed by atoms with Crippen LogP contribution in [0.1, 0.15) is 18.9 Å². The van der Waals surface area contributed by atoms with Gasteiger partial charge < -0.3 is 10.0 Å². The number of aryl methyl sites for hydroxylation is 1. The molecule has 0 aliphatic carbocycles. The van der Waals surface area contributed by atoms with E-state index < -0.39 is 10.9 Å². The molecule has 1 aromatic carbocycles. The van der Waals surface area contributed by atoms with Crippen LogP contribution in [0.15, 0.2) is 18.2 Å². The maximum atomic E-state index is 11.0. The zero-order valence-electron chi connectivity index (χ0n) is 10.4. The van der Waals surface area contributed by atoms with Crippen LogP contribution in [0.25, 0.3) is 0 Å². The van der Waals surface area contributed by atoms with Gasteiger partial charge in [-0.3, -0.25) is 14.9 Å². The highest BCUT2D eigenvalue weighted by Crippen LogP contribution is 2.31. The van der Waals surface area contributed by atoms with Crippen LogP contribution in [0.4, 0.5) is 11.4 Å². The van der Waals surface area contributed by atoms with Gasteiger partial charge in [-0.1, -0.05) is 19.1 Å². The molecule has 98 valence electrons. The minimum absolute atomic E-state index is 0.0512. The Labute approximate surface area is 105 Å². The molecule has 0 aliphatic heterocycles. The molecule has 0 spiro atoms. The predicted octanol–water partition coefficient (Wildman–Crippen LogP) is 2.20. The summed E-state index contributed by atoms with van der Waals surface area (Å²) in [6, 6.07) is 4.74. The first kappa shape index (κ1) is 14.0. The molecular weight excluding hydrogens is 236 g/mol. The van der Waals surface area contributed by atoms with E-state index in [0.29, 0.717) is 17.8 Å². The second-order valence-corrected chi connectivity index (χ2v) is 4.02. The largest absolute Gasteiger partial charge is 0.480 e. The van der Waals surface area contributed by atoms with Crippen LogP contribution in [0, 0.1) is 17.0 Å². The zero-order chi connectivity index (χ0) is 13.7. The Morgan fingerprint density at radius 2 is 2.17 bits per heavy atom. The minimum Gasteiger partial charge on any atom is -0.480 e. The molecule has 0 saturated heterocycles. The number of carbonyl (C=O) groups is 1. The number of rotatable bonds is 6. The zero-order valence-corrected chi connectivity index (χ0v) is 10.4. The third-order valence-electron chi connectivity index (χ3n) is 2.55. The number of aliphatic carboxylic acids is 1. The summed E-state index contributed by atoms with van der Waals surface area (Å²) in [5, 5.41) is 19.9. The van der Waals surface area contributed by atoms with Crippen molar-refractivity contribution in [1.82, 2.24) is 0 Å². The van der Waals surface area contributed by atoms with Crippen LogP contribution >= 0.6 is 0 Å². The van der Waals surface area contributed by atoms with Crippen molar-refractivity contribution in [3.63, 3.8) is 0 Å². The molecule has 6 heteroatoms. The van der Waals surface area contributed by atoms with Crippen LogP contribution in [0.5, 0.6) is 0 Å². The second kappa shape index (κ2) is 6.00. The third kappa shape index (κ3) is 3.19. The van der Waals surface area contributed by atoms with Gasteiger partial charge in [0.15, 0.2) is 0 Å². The third-order valence-corrected chi connectivity index (χ3v) is 2.55. The number of carboxylic acid groups (broad SMARTS) is 1. The highest BCUT2D eigenvalue weighted by molar-refractivity contribution is 5.77. The first-order valence-electron chi connectivity index (χ1n) is 5.68. The molecule has 1 aromatic rings. The standard InChI is InChI=1S/C12H16N2O4/c1-3-7-13(8-11(15)16)12-9(2)5-4-6-10(12)14(17)18/h4-6H,3,7-8H2,1-2H3,(H,15,16). The summed E-state index contributed by atoms with van der Waals surface area (Å²) in [7, 11) is 0. The van der Waals surface area contributed by atoms with E-state index in [1.807, 2.05) is 6.92 Å². The van der Waals surface area contributed by atoms with Crippen molar-refractivity contribution in [3.05, 3.63) is 33.9 Å². The number of nitrogens with zero attached hydrogens (tertiary/aromatic N) is 2. The van der Waals surface area contributed by atoms with Gasteiger partial charge in [0.25, 0.3) is 5.69 Å². The maximum absolute atomic E-state index is 11.0. The monoisotopic (exact) mass is 252 g/mol. The number of anilines is 1. The van der Waals surface area contributed by atoms with E-state index in [0.717, 1.165) is 6.42 Å². The van der Waals surface area contributed by atoms with Crippen LogP contribution in [-0.2, 0) is 4.79 Å². The van der Waals surface area contributed by atoms with E-state index in [1.54, 1.807) is 19.1 Å².